The van der Waals surface area contributed by atoms with Gasteiger partial charge in [0.15, 0.2) is 11.6 Å². The third kappa shape index (κ3) is 3.46. The predicted molar refractivity (Wildman–Crippen MR) is 82.7 cm³/mol. The number of pyridine rings is 1. The van der Waals surface area contributed by atoms with Gasteiger partial charge in [-0.05, 0) is 18.7 Å². The summed E-state index contributed by atoms with van der Waals surface area (Å²) < 4.78 is 19.5. The molecule has 1 heterocycles. The SMILES string of the molecule is CCNC(c1cccc(OC)c1F)c1ncc(Cl)cc1Cl. The first-order valence-corrected chi connectivity index (χ1v) is 7.20. The summed E-state index contributed by atoms with van der Waals surface area (Å²) in [5.41, 5.74) is 0.947. The van der Waals surface area contributed by atoms with Gasteiger partial charge in [0, 0.05) is 11.8 Å². The first-order valence-electron chi connectivity index (χ1n) is 6.45. The van der Waals surface area contributed by atoms with Crippen LogP contribution in [0.15, 0.2) is 30.5 Å². The maximum atomic E-state index is 14.5. The van der Waals surface area contributed by atoms with Crippen LogP contribution >= 0.6 is 23.2 Å². The Morgan fingerprint density at radius 2 is 2.14 bits per heavy atom. The van der Waals surface area contributed by atoms with Gasteiger partial charge in [-0.3, -0.25) is 4.98 Å². The largest absolute Gasteiger partial charge is 0.494 e. The van der Waals surface area contributed by atoms with Gasteiger partial charge in [0.05, 0.1) is 28.9 Å². The summed E-state index contributed by atoms with van der Waals surface area (Å²) in [5.74, 6) is -0.251. The van der Waals surface area contributed by atoms with Crippen LogP contribution in [0.1, 0.15) is 24.2 Å². The van der Waals surface area contributed by atoms with Crippen molar-refractivity contribution >= 4 is 23.2 Å². The van der Waals surface area contributed by atoms with Gasteiger partial charge in [-0.15, -0.1) is 0 Å². The van der Waals surface area contributed by atoms with Gasteiger partial charge in [0.25, 0.3) is 0 Å². The van der Waals surface area contributed by atoms with E-state index in [9.17, 15) is 4.39 Å². The maximum absolute atomic E-state index is 14.5. The van der Waals surface area contributed by atoms with Crippen LogP contribution in [0.4, 0.5) is 4.39 Å². The van der Waals surface area contributed by atoms with E-state index >= 15 is 0 Å². The van der Waals surface area contributed by atoms with Gasteiger partial charge in [-0.2, -0.15) is 0 Å². The summed E-state index contributed by atoms with van der Waals surface area (Å²) in [7, 11) is 1.43. The first-order chi connectivity index (χ1) is 10.1. The molecule has 0 amide bonds. The molecule has 0 saturated heterocycles. The number of methoxy groups -OCH3 is 1. The van der Waals surface area contributed by atoms with E-state index in [0.29, 0.717) is 27.8 Å². The lowest BCUT2D eigenvalue weighted by molar-refractivity contribution is 0.381. The molecular weight excluding hydrogens is 314 g/mol. The number of halogens is 3. The highest BCUT2D eigenvalue weighted by Crippen LogP contribution is 2.32. The van der Waals surface area contributed by atoms with Gasteiger partial charge >= 0.3 is 0 Å². The third-order valence-corrected chi connectivity index (χ3v) is 3.55. The number of hydrogen-bond acceptors (Lipinski definition) is 3. The third-order valence-electron chi connectivity index (χ3n) is 3.04. The van der Waals surface area contributed by atoms with Crippen LogP contribution in [0.2, 0.25) is 10.0 Å². The molecule has 1 atom stereocenters. The molecule has 1 unspecified atom stereocenters. The molecule has 0 aliphatic carbocycles. The molecule has 0 saturated carbocycles. The van der Waals surface area contributed by atoms with Crippen LogP contribution in [-0.2, 0) is 0 Å². The maximum Gasteiger partial charge on any atom is 0.170 e. The number of nitrogens with one attached hydrogen (secondary N) is 1. The zero-order valence-electron chi connectivity index (χ0n) is 11.7. The second kappa shape index (κ2) is 7.07. The molecule has 0 spiro atoms. The Balaban J connectivity index is 2.53. The Bertz CT molecular complexity index is 637. The zero-order chi connectivity index (χ0) is 15.4. The Hall–Kier alpha value is -1.36. The van der Waals surface area contributed by atoms with Crippen molar-refractivity contribution in [2.24, 2.45) is 0 Å². The van der Waals surface area contributed by atoms with Crippen molar-refractivity contribution in [3.05, 3.63) is 57.6 Å². The van der Waals surface area contributed by atoms with E-state index in [-0.39, 0.29) is 5.75 Å². The Kier molecular flexibility index (Phi) is 5.39. The van der Waals surface area contributed by atoms with E-state index in [4.69, 9.17) is 27.9 Å². The molecule has 6 heteroatoms. The Labute approximate surface area is 133 Å². The quantitative estimate of drug-likeness (QED) is 0.891. The van der Waals surface area contributed by atoms with Crippen LogP contribution in [0, 0.1) is 5.82 Å². The van der Waals surface area contributed by atoms with Crippen LogP contribution in [0.5, 0.6) is 5.75 Å². The zero-order valence-corrected chi connectivity index (χ0v) is 13.2. The van der Waals surface area contributed by atoms with Gasteiger partial charge in [0.2, 0.25) is 0 Å². The molecule has 0 aliphatic rings. The van der Waals surface area contributed by atoms with Gasteiger partial charge < -0.3 is 10.1 Å². The predicted octanol–water partition coefficient (Wildman–Crippen LogP) is 4.24. The van der Waals surface area contributed by atoms with Gasteiger partial charge in [-0.25, -0.2) is 4.39 Å². The molecule has 1 aromatic heterocycles. The fourth-order valence-corrected chi connectivity index (χ4v) is 2.59. The molecule has 0 aliphatic heterocycles. The molecule has 112 valence electrons. The second-order valence-electron chi connectivity index (χ2n) is 4.37. The Morgan fingerprint density at radius 3 is 2.76 bits per heavy atom. The van der Waals surface area contributed by atoms with Crippen LogP contribution in [0.3, 0.4) is 0 Å². The normalized spacial score (nSPS) is 12.2. The lowest BCUT2D eigenvalue weighted by atomic mass is 10.0. The second-order valence-corrected chi connectivity index (χ2v) is 5.22. The van der Waals surface area contributed by atoms with E-state index < -0.39 is 11.9 Å². The summed E-state index contributed by atoms with van der Waals surface area (Å²) in [6.07, 6.45) is 1.49. The minimum atomic E-state index is -0.477. The molecule has 0 fully saturated rings. The summed E-state index contributed by atoms with van der Waals surface area (Å²) in [6, 6.07) is 6.09. The van der Waals surface area contributed by atoms with Crippen LogP contribution in [0.25, 0.3) is 0 Å². The lowest BCUT2D eigenvalue weighted by Crippen LogP contribution is -2.24. The number of hydrogen-bond donors (Lipinski definition) is 1. The fraction of sp³-hybridized carbons (Fsp3) is 0.267. The molecule has 21 heavy (non-hydrogen) atoms. The van der Waals surface area contributed by atoms with Crippen molar-refractivity contribution in [1.82, 2.24) is 10.3 Å². The van der Waals surface area contributed by atoms with Crippen molar-refractivity contribution in [2.45, 2.75) is 13.0 Å². The first kappa shape index (κ1) is 16.0. The summed E-state index contributed by atoms with van der Waals surface area (Å²) in [5, 5.41) is 4.00. The van der Waals surface area contributed by atoms with Crippen molar-refractivity contribution in [1.29, 1.82) is 0 Å². The summed E-state index contributed by atoms with van der Waals surface area (Å²) in [4.78, 5) is 4.24. The monoisotopic (exact) mass is 328 g/mol. The minimum Gasteiger partial charge on any atom is -0.494 e. The lowest BCUT2D eigenvalue weighted by Gasteiger charge is -2.20. The van der Waals surface area contributed by atoms with Gasteiger partial charge in [0.1, 0.15) is 0 Å². The van der Waals surface area contributed by atoms with E-state index in [1.54, 1.807) is 24.3 Å². The number of nitrogens with zero attached hydrogens (tertiary/aromatic N) is 1. The fourth-order valence-electron chi connectivity index (χ4n) is 2.10. The molecule has 0 bridgehead atoms. The minimum absolute atomic E-state index is 0.181. The standard InChI is InChI=1S/C15H15Cl2FN2O/c1-3-19-14(15-11(17)7-9(16)8-20-15)10-5-4-6-12(21-2)13(10)18/h4-8,14,19H,3H2,1-2H3. The summed E-state index contributed by atoms with van der Waals surface area (Å²) in [6.45, 7) is 2.55. The molecule has 2 rings (SSSR count). The van der Waals surface area contributed by atoms with E-state index in [1.807, 2.05) is 6.92 Å². The molecule has 1 N–H and O–H groups in total. The number of ether oxygens (including phenoxy) is 1. The van der Waals surface area contributed by atoms with Crippen LogP contribution in [-0.4, -0.2) is 18.6 Å². The van der Waals surface area contributed by atoms with E-state index in [1.165, 1.54) is 13.3 Å². The highest BCUT2D eigenvalue weighted by molar-refractivity contribution is 6.34. The van der Waals surface area contributed by atoms with Crippen molar-refractivity contribution in [3.8, 4) is 5.75 Å². The highest BCUT2D eigenvalue weighted by atomic mass is 35.5. The van der Waals surface area contributed by atoms with Gasteiger partial charge in [-0.1, -0.05) is 42.3 Å². The number of rotatable bonds is 5. The molecule has 1 aromatic carbocycles. The molecule has 0 radical (unpaired) electrons. The topological polar surface area (TPSA) is 34.1 Å². The van der Waals surface area contributed by atoms with E-state index in [0.717, 1.165) is 0 Å². The molecule has 2 aromatic rings. The smallest absolute Gasteiger partial charge is 0.170 e. The van der Waals surface area contributed by atoms with Crippen molar-refractivity contribution in [3.63, 3.8) is 0 Å². The number of benzene rings is 1. The average Bonchev–Trinajstić information content (AvgIpc) is 2.46. The highest BCUT2D eigenvalue weighted by Gasteiger charge is 2.23. The molecular formula is C15H15Cl2FN2O. The molecule has 3 nitrogen and oxygen atoms in total. The summed E-state index contributed by atoms with van der Waals surface area (Å²) >= 11 is 12.1. The number of aromatic nitrogens is 1. The van der Waals surface area contributed by atoms with Crippen molar-refractivity contribution in [2.75, 3.05) is 13.7 Å². The van der Waals surface area contributed by atoms with E-state index in [2.05, 4.69) is 10.3 Å². The Morgan fingerprint density at radius 1 is 1.38 bits per heavy atom. The van der Waals surface area contributed by atoms with Crippen molar-refractivity contribution < 1.29 is 9.13 Å². The van der Waals surface area contributed by atoms with Crippen LogP contribution < -0.4 is 10.1 Å². The average molecular weight is 329 g/mol.